The number of fused-ring (bicyclic) bond motifs is 2. The summed E-state index contributed by atoms with van der Waals surface area (Å²) in [5.74, 6) is -5.36. The zero-order valence-corrected chi connectivity index (χ0v) is 43.9. The molecule has 0 radical (unpaired) electrons. The van der Waals surface area contributed by atoms with Gasteiger partial charge in [-0.05, 0) is 73.5 Å². The number of nitrogens with zero attached hydrogens (tertiary/aromatic N) is 9. The minimum atomic E-state index is -5.61. The lowest BCUT2D eigenvalue weighted by molar-refractivity contribution is 0.0690. The SMILES string of the molecule is Cc1cc(N=Nc2c(S(=O)(=O)O)cc3c(S(=O)(=O)O)c(N=Nc4c(C(=O)O)nn(-c5ccc(S(=O)(=O)O)cc5)c4O)ccc3c2O)c(OCCCS(=O)(=O)O)cc1N=Nc1nc2cc(S(=O)(=O)O)c(Cl)c(S(=O)(=O)O)c2s1. The Morgan fingerprint density at radius 1 is 0.662 bits per heavy atom. The molecular weight excluding hydrogens is 1200 g/mol. The summed E-state index contributed by atoms with van der Waals surface area (Å²) < 4.78 is 210. The summed E-state index contributed by atoms with van der Waals surface area (Å²) in [4.78, 5) is 10.5. The van der Waals surface area contributed by atoms with E-state index < -0.39 is 169 Å². The molecule has 0 atom stereocenters. The van der Waals surface area contributed by atoms with E-state index in [0.717, 1.165) is 48.5 Å². The average molecular weight is 1230 g/mol. The van der Waals surface area contributed by atoms with Crippen LogP contribution in [-0.2, 0) is 60.7 Å². The van der Waals surface area contributed by atoms with Crippen molar-refractivity contribution >= 4 is 144 Å². The molecule has 0 aliphatic rings. The van der Waals surface area contributed by atoms with Crippen LogP contribution in [0, 0.1) is 6.92 Å². The van der Waals surface area contributed by atoms with Crippen LogP contribution in [0.4, 0.5) is 33.6 Å². The van der Waals surface area contributed by atoms with Crippen LogP contribution in [0.2, 0.25) is 5.02 Å². The third kappa shape index (κ3) is 12.5. The molecular formula is C37H28ClN9O23S7. The van der Waals surface area contributed by atoms with Crippen molar-refractivity contribution in [1.82, 2.24) is 14.8 Å². The number of ether oxygens (including phenoxy) is 1. The van der Waals surface area contributed by atoms with Gasteiger partial charge < -0.3 is 20.1 Å². The molecule has 0 unspecified atom stereocenters. The van der Waals surface area contributed by atoms with Gasteiger partial charge in [-0.15, -0.1) is 30.7 Å². The number of benzene rings is 5. The maximum atomic E-state index is 13.0. The van der Waals surface area contributed by atoms with Crippen molar-refractivity contribution in [2.24, 2.45) is 30.7 Å². The predicted molar refractivity (Wildman–Crippen MR) is 262 cm³/mol. The standard InChI is InChI=1S/C37H28ClN9O23S7/c1-15-11-22(24(70-9-2-10-72(52,53)54)13-21(15)41-45-37-39-23-14-25(74(58,59)60)27(38)34(32(23)71-37)77(67,68)69)42-43-28-26(75(61,62)63)12-19-18(31(28)48)7-8-20(33(19)76(64,65)66)40-44-29-30(36(50)51)46-47(35(29)49)16-3-5-17(6-4-16)73(55,56)57/h3-8,11-14,48-49H,2,9-10H2,1H3,(H,50,51)(H,52,53,54)(H,55,56,57)(H,58,59,60)(H,61,62,63)(H,64,65,66)(H,67,68,69). The van der Waals surface area contributed by atoms with Gasteiger partial charge in [0.1, 0.15) is 42.4 Å². The van der Waals surface area contributed by atoms with E-state index in [1.54, 1.807) is 0 Å². The van der Waals surface area contributed by atoms with Crippen molar-refractivity contribution in [2.45, 2.75) is 37.8 Å². The molecule has 0 amide bonds. The fraction of sp³-hybridized carbons (Fsp3) is 0.108. The second-order valence-electron chi connectivity index (χ2n) is 15.2. The van der Waals surface area contributed by atoms with Crippen LogP contribution in [0.25, 0.3) is 26.7 Å². The number of aromatic hydroxyl groups is 2. The van der Waals surface area contributed by atoms with E-state index in [1.807, 2.05) is 0 Å². The van der Waals surface area contributed by atoms with Gasteiger partial charge in [0.25, 0.3) is 60.7 Å². The normalized spacial score (nSPS) is 13.2. The molecule has 40 heteroatoms. The van der Waals surface area contributed by atoms with Gasteiger partial charge in [0, 0.05) is 16.8 Å². The molecule has 2 heterocycles. The number of rotatable bonds is 18. The smallest absolute Gasteiger partial charge is 0.358 e. The lowest BCUT2D eigenvalue weighted by Gasteiger charge is -2.13. The zero-order valence-electron chi connectivity index (χ0n) is 37.4. The molecule has 0 aliphatic heterocycles. The Hall–Kier alpha value is -7.12. The number of aryl methyl sites for hydroxylation is 1. The largest absolute Gasteiger partial charge is 0.505 e. The van der Waals surface area contributed by atoms with Gasteiger partial charge in [-0.1, -0.05) is 22.9 Å². The van der Waals surface area contributed by atoms with Gasteiger partial charge in [0.15, 0.2) is 11.4 Å². The topological polar surface area (TPSA) is 518 Å². The number of carboxylic acids is 1. The summed E-state index contributed by atoms with van der Waals surface area (Å²) >= 11 is 6.37. The van der Waals surface area contributed by atoms with Crippen LogP contribution in [0.5, 0.6) is 17.4 Å². The monoisotopic (exact) mass is 1220 g/mol. The van der Waals surface area contributed by atoms with Crippen LogP contribution < -0.4 is 4.74 Å². The number of aromatic nitrogens is 3. The van der Waals surface area contributed by atoms with Crippen LogP contribution in [-0.4, -0.2) is 126 Å². The number of carbonyl (C=O) groups is 1. The highest BCUT2D eigenvalue weighted by molar-refractivity contribution is 7.87. The third-order valence-corrected chi connectivity index (χ3v) is 17.0. The number of hydrogen-bond donors (Lipinski definition) is 9. The molecule has 0 spiro atoms. The second-order valence-corrected chi connectivity index (χ2v) is 25.1. The highest BCUT2D eigenvalue weighted by Gasteiger charge is 2.31. The van der Waals surface area contributed by atoms with E-state index in [4.69, 9.17) is 16.3 Å². The number of hydrogen-bond acceptors (Lipinski definition) is 25. The Morgan fingerprint density at radius 3 is 1.83 bits per heavy atom. The number of carboxylic acid groups (broad SMARTS) is 1. The molecule has 0 aliphatic carbocycles. The predicted octanol–water partition coefficient (Wildman–Crippen LogP) is 6.84. The van der Waals surface area contributed by atoms with Gasteiger partial charge in [0.2, 0.25) is 16.7 Å². The number of aromatic carboxylic acids is 1. The van der Waals surface area contributed by atoms with E-state index in [2.05, 4.69) is 40.8 Å². The van der Waals surface area contributed by atoms with Crippen molar-refractivity contribution in [3.05, 3.63) is 76.9 Å². The van der Waals surface area contributed by atoms with Crippen molar-refractivity contribution < 1.29 is 103 Å². The van der Waals surface area contributed by atoms with Gasteiger partial charge in [-0.2, -0.15) is 60.3 Å². The van der Waals surface area contributed by atoms with Crippen LogP contribution in [0.15, 0.2) is 116 Å². The van der Waals surface area contributed by atoms with Gasteiger partial charge in [-0.3, -0.25) is 27.3 Å². The molecule has 0 bridgehead atoms. The molecule has 7 rings (SSSR count). The van der Waals surface area contributed by atoms with Crippen LogP contribution in [0.3, 0.4) is 0 Å². The van der Waals surface area contributed by atoms with E-state index in [1.165, 1.54) is 6.92 Å². The molecule has 7 aromatic rings. The number of halogens is 1. The maximum Gasteiger partial charge on any atom is 0.358 e. The summed E-state index contributed by atoms with van der Waals surface area (Å²) in [5.41, 5.74) is -5.04. The lowest BCUT2D eigenvalue weighted by atomic mass is 10.1. The van der Waals surface area contributed by atoms with E-state index in [9.17, 15) is 97.9 Å². The number of thiazole rings is 1. The Kier molecular flexibility index (Phi) is 15.5. The van der Waals surface area contributed by atoms with Gasteiger partial charge >= 0.3 is 5.97 Å². The molecule has 0 fully saturated rings. The molecule has 2 aromatic heterocycles. The Balaban J connectivity index is 1.32. The van der Waals surface area contributed by atoms with Gasteiger partial charge in [-0.25, -0.2) is 9.78 Å². The Bertz CT molecular complexity index is 4470. The minimum absolute atomic E-state index is 0.104. The summed E-state index contributed by atoms with van der Waals surface area (Å²) in [6, 6.07) is 8.63. The van der Waals surface area contributed by atoms with Crippen molar-refractivity contribution in [1.29, 1.82) is 0 Å². The molecule has 32 nitrogen and oxygen atoms in total. The maximum absolute atomic E-state index is 13.0. The van der Waals surface area contributed by atoms with Crippen molar-refractivity contribution in [3.8, 4) is 23.1 Å². The second kappa shape index (κ2) is 20.7. The van der Waals surface area contributed by atoms with Crippen molar-refractivity contribution in [3.63, 3.8) is 0 Å². The van der Waals surface area contributed by atoms with Crippen molar-refractivity contribution in [2.75, 3.05) is 12.4 Å². The Morgan fingerprint density at radius 2 is 1.26 bits per heavy atom. The molecule has 0 saturated heterocycles. The molecule has 9 N–H and O–H groups in total. The highest BCUT2D eigenvalue weighted by Crippen LogP contribution is 2.47. The van der Waals surface area contributed by atoms with Gasteiger partial charge in [0.05, 0.1) is 43.9 Å². The fourth-order valence-electron chi connectivity index (χ4n) is 6.73. The lowest BCUT2D eigenvalue weighted by Crippen LogP contribution is -2.08. The molecule has 77 heavy (non-hydrogen) atoms. The fourth-order valence-corrected chi connectivity index (χ4v) is 12.5. The quantitative estimate of drug-likeness (QED) is 0.0241. The first-order chi connectivity index (χ1) is 35.5. The average Bonchev–Trinajstić information content (AvgIpc) is 3.86. The summed E-state index contributed by atoms with van der Waals surface area (Å²) in [6.45, 7) is 0.868. The van der Waals surface area contributed by atoms with E-state index in [-0.39, 0.29) is 34.8 Å². The van der Waals surface area contributed by atoms with Crippen LogP contribution in [0.1, 0.15) is 22.5 Å². The Labute approximate surface area is 439 Å². The molecule has 0 saturated carbocycles. The minimum Gasteiger partial charge on any atom is -0.505 e. The zero-order chi connectivity index (χ0) is 57.1. The molecule has 5 aromatic carbocycles. The summed E-state index contributed by atoms with van der Waals surface area (Å²) in [5, 5.41) is 55.7. The molecule has 408 valence electrons. The van der Waals surface area contributed by atoms with E-state index >= 15 is 0 Å². The van der Waals surface area contributed by atoms with E-state index in [0.29, 0.717) is 28.2 Å². The highest BCUT2D eigenvalue weighted by atomic mass is 35.5. The first kappa shape index (κ1) is 57.6. The first-order valence-corrected chi connectivity index (χ1v) is 29.9. The van der Waals surface area contributed by atoms with Crippen LogP contribution >= 0.6 is 22.9 Å². The first-order valence-electron chi connectivity index (χ1n) is 19.9. The number of phenols is 1. The summed E-state index contributed by atoms with van der Waals surface area (Å²) in [6.07, 6.45) is -0.367. The number of phenolic OH excluding ortho intramolecular Hbond substituents is 1. The summed E-state index contributed by atoms with van der Waals surface area (Å²) in [7, 11) is -30.8. The third-order valence-electron chi connectivity index (χ3n) is 10.0. The number of azo groups is 3.